The second-order valence-corrected chi connectivity index (χ2v) is 14.1. The van der Waals surface area contributed by atoms with Gasteiger partial charge >= 0.3 is 0 Å². The highest BCUT2D eigenvalue weighted by Gasteiger charge is 2.45. The van der Waals surface area contributed by atoms with Crippen molar-refractivity contribution in [3.05, 3.63) is 175 Å². The molecule has 4 aliphatic rings. The summed E-state index contributed by atoms with van der Waals surface area (Å²) in [6.45, 7) is 4.84. The van der Waals surface area contributed by atoms with E-state index in [9.17, 15) is 0 Å². The molecule has 0 spiro atoms. The summed E-state index contributed by atoms with van der Waals surface area (Å²) in [7, 11) is 0. The molecule has 4 heteroatoms. The summed E-state index contributed by atoms with van der Waals surface area (Å²) in [5, 5.41) is 0. The van der Waals surface area contributed by atoms with Gasteiger partial charge in [-0.2, -0.15) is 0 Å². The van der Waals surface area contributed by atoms with Crippen molar-refractivity contribution in [1.82, 2.24) is 0 Å². The smallest absolute Gasteiger partial charge is 0.252 e. The van der Waals surface area contributed by atoms with E-state index in [0.29, 0.717) is 0 Å². The van der Waals surface area contributed by atoms with E-state index in [0.717, 1.165) is 6.42 Å². The van der Waals surface area contributed by atoms with Crippen LogP contribution < -0.4 is 31.1 Å². The predicted molar refractivity (Wildman–Crippen MR) is 208 cm³/mol. The number of para-hydroxylation sites is 5. The van der Waals surface area contributed by atoms with Gasteiger partial charge in [0.25, 0.3) is 6.71 Å². The van der Waals surface area contributed by atoms with Crippen molar-refractivity contribution in [3.63, 3.8) is 0 Å². The fourth-order valence-corrected chi connectivity index (χ4v) is 8.96. The maximum atomic E-state index is 2.62. The van der Waals surface area contributed by atoms with Crippen LogP contribution in [0.4, 0.5) is 45.5 Å². The largest absolute Gasteiger partial charge is 0.335 e. The maximum absolute atomic E-state index is 2.62. The molecule has 0 N–H and O–H groups in total. The van der Waals surface area contributed by atoms with E-state index in [2.05, 4.69) is 192 Å². The van der Waals surface area contributed by atoms with Gasteiger partial charge in [0.05, 0.1) is 23.1 Å². The van der Waals surface area contributed by atoms with Crippen LogP contribution >= 0.6 is 0 Å². The molecule has 6 aromatic rings. The minimum atomic E-state index is -0.128. The first-order chi connectivity index (χ1) is 24.1. The van der Waals surface area contributed by atoms with Crippen molar-refractivity contribution in [1.29, 1.82) is 0 Å². The molecule has 0 radical (unpaired) electrons. The van der Waals surface area contributed by atoms with E-state index in [4.69, 9.17) is 0 Å². The molecule has 0 fully saturated rings. The first kappa shape index (κ1) is 28.3. The van der Waals surface area contributed by atoms with Crippen LogP contribution in [0, 0.1) is 0 Å². The van der Waals surface area contributed by atoms with E-state index < -0.39 is 0 Å². The van der Waals surface area contributed by atoms with Gasteiger partial charge in [0.2, 0.25) is 0 Å². The molecule has 234 valence electrons. The van der Waals surface area contributed by atoms with E-state index >= 15 is 0 Å². The highest BCUT2D eigenvalue weighted by molar-refractivity contribution is 7.00. The highest BCUT2D eigenvalue weighted by Crippen LogP contribution is 2.53. The van der Waals surface area contributed by atoms with Gasteiger partial charge in [-0.15, -0.1) is 0 Å². The minimum absolute atomic E-state index is 0.116. The van der Waals surface area contributed by atoms with Crippen LogP contribution in [0.3, 0.4) is 0 Å². The summed E-state index contributed by atoms with van der Waals surface area (Å²) in [5.74, 6) is 0. The van der Waals surface area contributed by atoms with Crippen LogP contribution in [0.1, 0.15) is 31.4 Å². The van der Waals surface area contributed by atoms with Crippen LogP contribution in [0.5, 0.6) is 0 Å². The Labute approximate surface area is 289 Å². The Kier molecular flexibility index (Phi) is 6.14. The van der Waals surface area contributed by atoms with Crippen molar-refractivity contribution >= 4 is 68.6 Å². The average molecular weight is 630 g/mol. The van der Waals surface area contributed by atoms with Gasteiger partial charge in [0.1, 0.15) is 0 Å². The van der Waals surface area contributed by atoms with Crippen LogP contribution in [-0.4, -0.2) is 12.8 Å². The van der Waals surface area contributed by atoms with Gasteiger partial charge in [-0.25, -0.2) is 0 Å². The van der Waals surface area contributed by atoms with Gasteiger partial charge in [-0.3, -0.25) is 0 Å². The molecule has 0 bridgehead atoms. The Morgan fingerprint density at radius 1 is 0.531 bits per heavy atom. The molecule has 0 aromatic heterocycles. The summed E-state index contributed by atoms with van der Waals surface area (Å²) in [6, 6.07) is 52.1. The molecule has 3 nitrogen and oxygen atoms in total. The van der Waals surface area contributed by atoms with Crippen molar-refractivity contribution < 1.29 is 0 Å². The summed E-state index contributed by atoms with van der Waals surface area (Å²) in [6.07, 6.45) is 10.0. The zero-order valence-electron chi connectivity index (χ0n) is 27.8. The summed E-state index contributed by atoms with van der Waals surface area (Å²) in [5.41, 5.74) is 16.5. The fraction of sp³-hybridized carbons (Fsp3) is 0.111. The second-order valence-electron chi connectivity index (χ2n) is 14.1. The molecule has 49 heavy (non-hydrogen) atoms. The molecular weight excluding hydrogens is 593 g/mol. The van der Waals surface area contributed by atoms with E-state index in [1.54, 1.807) is 0 Å². The number of allylic oxidation sites excluding steroid dienone is 2. The second kappa shape index (κ2) is 10.6. The summed E-state index contributed by atoms with van der Waals surface area (Å²) in [4.78, 5) is 7.64. The third-order valence-corrected chi connectivity index (χ3v) is 11.1. The number of rotatable bonds is 3. The molecule has 0 amide bonds. The Bertz CT molecular complexity index is 2290. The summed E-state index contributed by atoms with van der Waals surface area (Å²) < 4.78 is 0. The van der Waals surface area contributed by atoms with Crippen LogP contribution in [0.15, 0.2) is 164 Å². The van der Waals surface area contributed by atoms with Crippen LogP contribution in [-0.2, 0) is 5.41 Å². The first-order valence-electron chi connectivity index (χ1n) is 17.4. The van der Waals surface area contributed by atoms with Crippen molar-refractivity contribution in [3.8, 4) is 0 Å². The third-order valence-electron chi connectivity index (χ3n) is 11.1. The lowest BCUT2D eigenvalue weighted by atomic mass is 9.33. The van der Waals surface area contributed by atoms with E-state index in [1.807, 2.05) is 0 Å². The molecule has 1 atom stereocenters. The van der Waals surface area contributed by atoms with Crippen molar-refractivity contribution in [2.24, 2.45) is 0 Å². The molecule has 0 saturated carbocycles. The molecule has 1 unspecified atom stereocenters. The lowest BCUT2D eigenvalue weighted by Crippen LogP contribution is -2.62. The number of benzene rings is 6. The normalized spacial score (nSPS) is 17.6. The molecular formula is C45H36BN3. The Balaban J connectivity index is 1.32. The van der Waals surface area contributed by atoms with Crippen molar-refractivity contribution in [2.75, 3.05) is 14.7 Å². The first-order valence-corrected chi connectivity index (χ1v) is 17.4. The number of nitrogens with zero attached hydrogens (tertiary/aromatic N) is 3. The lowest BCUT2D eigenvalue weighted by Gasteiger charge is -2.47. The lowest BCUT2D eigenvalue weighted by molar-refractivity contribution is 0.632. The predicted octanol–water partition coefficient (Wildman–Crippen LogP) is 9.43. The van der Waals surface area contributed by atoms with Crippen molar-refractivity contribution in [2.45, 2.75) is 31.7 Å². The third kappa shape index (κ3) is 4.04. The molecule has 10 rings (SSSR count). The average Bonchev–Trinajstić information content (AvgIpc) is 3.15. The van der Waals surface area contributed by atoms with Gasteiger partial charge in [-0.05, 0) is 82.5 Å². The van der Waals surface area contributed by atoms with Gasteiger partial charge in [-0.1, -0.05) is 129 Å². The van der Waals surface area contributed by atoms with E-state index in [-0.39, 0.29) is 18.2 Å². The maximum Gasteiger partial charge on any atom is 0.252 e. The minimum Gasteiger partial charge on any atom is -0.335 e. The molecule has 0 saturated heterocycles. The number of anilines is 8. The van der Waals surface area contributed by atoms with E-state index in [1.165, 1.54) is 73.0 Å². The van der Waals surface area contributed by atoms with Gasteiger partial charge in [0.15, 0.2) is 0 Å². The molecule has 3 aliphatic heterocycles. The Morgan fingerprint density at radius 2 is 1.08 bits per heavy atom. The standard InChI is InChI=1S/C45H36BN3/c1-45(2)34-21-9-13-25-38(34)49(39-26-14-10-22-35(39)45)33-29-42-44-43(30-33)48(32-19-7-4-8-20-32)41-28-16-12-24-37(41)46(44)36-23-11-15-27-40(36)47(42)31-17-5-3-6-18-31/h3-19,21-30,32H,20H2,1-2H3. The molecule has 6 aromatic carbocycles. The highest BCUT2D eigenvalue weighted by atomic mass is 15.2. The monoisotopic (exact) mass is 629 g/mol. The zero-order chi connectivity index (χ0) is 32.7. The van der Waals surface area contributed by atoms with Gasteiger partial charge < -0.3 is 14.7 Å². The summed E-state index contributed by atoms with van der Waals surface area (Å²) >= 11 is 0. The zero-order valence-corrected chi connectivity index (χ0v) is 27.8. The number of fused-ring (bicyclic) bond motifs is 6. The molecule has 3 heterocycles. The SMILES string of the molecule is CC1(C)c2ccccc2N(c2cc3c4c(c2)N(C2C=CC=CC2)c2ccccc2B4c2ccccc2N3c2ccccc2)c2ccccc21. The Hall–Kier alpha value is -5.74. The van der Waals surface area contributed by atoms with Gasteiger partial charge in [0, 0.05) is 33.9 Å². The molecule has 1 aliphatic carbocycles. The quantitative estimate of drug-likeness (QED) is 0.180. The Morgan fingerprint density at radius 3 is 1.76 bits per heavy atom. The topological polar surface area (TPSA) is 9.72 Å². The van der Waals surface area contributed by atoms with Crippen LogP contribution in [0.2, 0.25) is 0 Å². The van der Waals surface area contributed by atoms with Crippen LogP contribution in [0.25, 0.3) is 0 Å². The number of hydrogen-bond donors (Lipinski definition) is 0. The fourth-order valence-electron chi connectivity index (χ4n) is 8.96. The number of hydrogen-bond acceptors (Lipinski definition) is 3.